The first-order chi connectivity index (χ1) is 9.65. The topological polar surface area (TPSA) is 58.6 Å². The molecule has 110 valence electrons. The number of hydrogen-bond acceptors (Lipinski definition) is 6. The van der Waals surface area contributed by atoms with Crippen molar-refractivity contribution in [3.05, 3.63) is 18.1 Å². The van der Waals surface area contributed by atoms with E-state index < -0.39 is 5.97 Å². The average molecular weight is 278 g/mol. The molecule has 0 spiro atoms. The predicted octanol–water partition coefficient (Wildman–Crippen LogP) is 1.18. The van der Waals surface area contributed by atoms with Crippen molar-refractivity contribution in [2.45, 2.75) is 26.3 Å². The number of anilines is 1. The lowest BCUT2D eigenvalue weighted by molar-refractivity contribution is 0.0593. The summed E-state index contributed by atoms with van der Waals surface area (Å²) in [5.74, 6) is 0.300. The lowest BCUT2D eigenvalue weighted by atomic mass is 10.2. The largest absolute Gasteiger partial charge is 0.464 e. The van der Waals surface area contributed by atoms with Crippen LogP contribution >= 0.6 is 0 Å². The standard InChI is InChI=1S/C14H22N4O2/c1-4-11(2)17-5-7-18(8-6-17)13-10-15-9-12(16-13)14(19)20-3/h9-11H,4-8H2,1-3H3. The van der Waals surface area contributed by atoms with Crippen LogP contribution in [-0.4, -0.2) is 60.2 Å². The zero-order valence-electron chi connectivity index (χ0n) is 12.4. The maximum atomic E-state index is 11.5. The van der Waals surface area contributed by atoms with Crippen LogP contribution in [0.1, 0.15) is 30.8 Å². The van der Waals surface area contributed by atoms with Gasteiger partial charge in [-0.25, -0.2) is 9.78 Å². The highest BCUT2D eigenvalue weighted by Gasteiger charge is 2.21. The molecule has 6 nitrogen and oxygen atoms in total. The summed E-state index contributed by atoms with van der Waals surface area (Å²) < 4.78 is 4.67. The molecular weight excluding hydrogens is 256 g/mol. The summed E-state index contributed by atoms with van der Waals surface area (Å²) >= 11 is 0. The Hall–Kier alpha value is -1.69. The van der Waals surface area contributed by atoms with E-state index in [0.29, 0.717) is 6.04 Å². The normalized spacial score (nSPS) is 17.9. The van der Waals surface area contributed by atoms with Gasteiger partial charge < -0.3 is 9.64 Å². The fraction of sp³-hybridized carbons (Fsp3) is 0.643. The molecule has 1 aliphatic heterocycles. The van der Waals surface area contributed by atoms with Crippen molar-refractivity contribution in [1.29, 1.82) is 0 Å². The van der Waals surface area contributed by atoms with Gasteiger partial charge in [-0.3, -0.25) is 9.88 Å². The molecule has 0 amide bonds. The monoisotopic (exact) mass is 278 g/mol. The summed E-state index contributed by atoms with van der Waals surface area (Å²) in [6.07, 6.45) is 4.30. The molecule has 0 N–H and O–H groups in total. The third-order valence-electron chi connectivity index (χ3n) is 3.87. The smallest absolute Gasteiger partial charge is 0.358 e. The number of piperazine rings is 1. The Labute approximate surface area is 119 Å². The van der Waals surface area contributed by atoms with Crippen LogP contribution in [-0.2, 0) is 4.74 Å². The lowest BCUT2D eigenvalue weighted by Gasteiger charge is -2.38. The molecule has 1 fully saturated rings. The van der Waals surface area contributed by atoms with E-state index in [1.165, 1.54) is 13.3 Å². The molecule has 0 aliphatic carbocycles. The Morgan fingerprint density at radius 1 is 1.35 bits per heavy atom. The van der Waals surface area contributed by atoms with Gasteiger partial charge in [0, 0.05) is 32.2 Å². The molecule has 6 heteroatoms. The third kappa shape index (κ3) is 3.25. The molecule has 1 aromatic heterocycles. The molecule has 0 saturated carbocycles. The van der Waals surface area contributed by atoms with E-state index >= 15 is 0 Å². The van der Waals surface area contributed by atoms with E-state index in [-0.39, 0.29) is 5.69 Å². The first-order valence-electron chi connectivity index (χ1n) is 7.05. The van der Waals surface area contributed by atoms with Crippen LogP contribution in [0.3, 0.4) is 0 Å². The highest BCUT2D eigenvalue weighted by atomic mass is 16.5. The number of nitrogens with zero attached hydrogens (tertiary/aromatic N) is 4. The molecule has 1 saturated heterocycles. The van der Waals surface area contributed by atoms with Crippen molar-refractivity contribution < 1.29 is 9.53 Å². The van der Waals surface area contributed by atoms with Crippen LogP contribution in [0.4, 0.5) is 5.82 Å². The van der Waals surface area contributed by atoms with Gasteiger partial charge in [0.05, 0.1) is 19.5 Å². The van der Waals surface area contributed by atoms with Crippen molar-refractivity contribution in [1.82, 2.24) is 14.9 Å². The molecule has 0 radical (unpaired) electrons. The van der Waals surface area contributed by atoms with Crippen LogP contribution in [0, 0.1) is 0 Å². The van der Waals surface area contributed by atoms with Crippen molar-refractivity contribution >= 4 is 11.8 Å². The Morgan fingerprint density at radius 3 is 2.65 bits per heavy atom. The number of carbonyl (C=O) groups excluding carboxylic acids is 1. The molecule has 1 aliphatic rings. The second-order valence-electron chi connectivity index (χ2n) is 5.03. The summed E-state index contributed by atoms with van der Waals surface area (Å²) in [6, 6.07) is 0.615. The number of ether oxygens (including phenoxy) is 1. The van der Waals surface area contributed by atoms with Crippen LogP contribution in [0.2, 0.25) is 0 Å². The van der Waals surface area contributed by atoms with Gasteiger partial charge >= 0.3 is 5.97 Å². The van der Waals surface area contributed by atoms with Crippen LogP contribution in [0.15, 0.2) is 12.4 Å². The molecule has 2 heterocycles. The van der Waals surface area contributed by atoms with E-state index in [1.807, 2.05) is 0 Å². The fourth-order valence-corrected chi connectivity index (χ4v) is 2.36. The Bertz CT molecular complexity index is 458. The van der Waals surface area contributed by atoms with Gasteiger partial charge in [0.15, 0.2) is 5.69 Å². The SMILES string of the molecule is CCC(C)N1CCN(c2cncc(C(=O)OC)n2)CC1. The van der Waals surface area contributed by atoms with Gasteiger partial charge in [-0.2, -0.15) is 0 Å². The molecular formula is C14H22N4O2. The molecule has 0 aromatic carbocycles. The number of hydrogen-bond donors (Lipinski definition) is 0. The molecule has 1 aromatic rings. The van der Waals surface area contributed by atoms with Crippen LogP contribution in [0.5, 0.6) is 0 Å². The average Bonchev–Trinajstić information content (AvgIpc) is 2.53. The molecule has 1 unspecified atom stereocenters. The van der Waals surface area contributed by atoms with Gasteiger partial charge in [-0.05, 0) is 13.3 Å². The molecule has 1 atom stereocenters. The van der Waals surface area contributed by atoms with Crippen molar-refractivity contribution in [3.63, 3.8) is 0 Å². The predicted molar refractivity (Wildman–Crippen MR) is 76.9 cm³/mol. The van der Waals surface area contributed by atoms with E-state index in [4.69, 9.17) is 0 Å². The summed E-state index contributed by atoms with van der Waals surface area (Å²) in [4.78, 5) is 24.5. The van der Waals surface area contributed by atoms with Gasteiger partial charge in [-0.1, -0.05) is 6.92 Å². The summed E-state index contributed by atoms with van der Waals surface area (Å²) in [6.45, 7) is 8.31. The van der Waals surface area contributed by atoms with Crippen LogP contribution in [0.25, 0.3) is 0 Å². The van der Waals surface area contributed by atoms with E-state index in [9.17, 15) is 4.79 Å². The molecule has 0 bridgehead atoms. The minimum atomic E-state index is -0.447. The molecule has 2 rings (SSSR count). The number of esters is 1. The minimum Gasteiger partial charge on any atom is -0.464 e. The van der Waals surface area contributed by atoms with Crippen molar-refractivity contribution in [3.8, 4) is 0 Å². The van der Waals surface area contributed by atoms with E-state index in [2.05, 4.69) is 38.4 Å². The van der Waals surface area contributed by atoms with Gasteiger partial charge in [0.1, 0.15) is 5.82 Å². The zero-order chi connectivity index (χ0) is 14.5. The summed E-state index contributed by atoms with van der Waals surface area (Å²) in [5.41, 5.74) is 0.259. The van der Waals surface area contributed by atoms with Gasteiger partial charge in [0.2, 0.25) is 0 Å². The van der Waals surface area contributed by atoms with E-state index in [1.54, 1.807) is 6.20 Å². The van der Waals surface area contributed by atoms with Gasteiger partial charge in [0.25, 0.3) is 0 Å². The second kappa shape index (κ2) is 6.65. The quantitative estimate of drug-likeness (QED) is 0.771. The minimum absolute atomic E-state index is 0.259. The Kier molecular flexibility index (Phi) is 4.89. The second-order valence-corrected chi connectivity index (χ2v) is 5.03. The maximum Gasteiger partial charge on any atom is 0.358 e. The zero-order valence-corrected chi connectivity index (χ0v) is 12.4. The number of rotatable bonds is 4. The highest BCUT2D eigenvalue weighted by Crippen LogP contribution is 2.15. The Morgan fingerprint density at radius 2 is 2.05 bits per heavy atom. The number of methoxy groups -OCH3 is 1. The van der Waals surface area contributed by atoms with Crippen molar-refractivity contribution in [2.75, 3.05) is 38.2 Å². The first kappa shape index (κ1) is 14.7. The van der Waals surface area contributed by atoms with Crippen LogP contribution < -0.4 is 4.90 Å². The summed E-state index contributed by atoms with van der Waals surface area (Å²) in [5, 5.41) is 0. The highest BCUT2D eigenvalue weighted by molar-refractivity contribution is 5.87. The number of aromatic nitrogens is 2. The number of carbonyl (C=O) groups is 1. The Balaban J connectivity index is 2.02. The van der Waals surface area contributed by atoms with Gasteiger partial charge in [-0.15, -0.1) is 0 Å². The van der Waals surface area contributed by atoms with Crippen molar-refractivity contribution in [2.24, 2.45) is 0 Å². The maximum absolute atomic E-state index is 11.5. The van der Waals surface area contributed by atoms with E-state index in [0.717, 1.165) is 38.4 Å². The molecule has 20 heavy (non-hydrogen) atoms. The lowest BCUT2D eigenvalue weighted by Crippen LogP contribution is -2.49. The first-order valence-corrected chi connectivity index (χ1v) is 7.05. The summed E-state index contributed by atoms with van der Waals surface area (Å²) in [7, 11) is 1.35. The third-order valence-corrected chi connectivity index (χ3v) is 3.87. The fourth-order valence-electron chi connectivity index (χ4n) is 2.36.